The number of fused-ring (bicyclic) bond motifs is 2. The van der Waals surface area contributed by atoms with Crippen molar-refractivity contribution in [1.29, 1.82) is 0 Å². The number of carboxylic acid groups (broad SMARTS) is 1. The van der Waals surface area contributed by atoms with Crippen LogP contribution in [0, 0.1) is 6.92 Å². The van der Waals surface area contributed by atoms with Crippen LogP contribution in [-0.4, -0.2) is 55.6 Å². The Labute approximate surface area is 244 Å². The fourth-order valence-electron chi connectivity index (χ4n) is 3.84. The molecule has 0 spiro atoms. The van der Waals surface area contributed by atoms with Gasteiger partial charge in [-0.15, -0.1) is 5.10 Å². The summed E-state index contributed by atoms with van der Waals surface area (Å²) >= 11 is 0. The summed E-state index contributed by atoms with van der Waals surface area (Å²) in [6, 6.07) is 13.3. The standard InChI is InChI=1S/C17H14N6O4.C10H12N2O3.CH4/c1-8-20-10-4-9(2-3-13(10)27-8)7-19-16(24)11-5-12(17(25)26)23-15(21-11)6-14(18)22-23;1-15-10(14)7-4-2-6(3-5-7)8(11)9(12)13;/h2-6H,7H2,1H3,(H2,18,22)(H,19,24)(H,25,26);2-5,8H,11H2,1H3,(H2,12,13);1H4/t;8-;/m.1./s1. The lowest BCUT2D eigenvalue weighted by Crippen LogP contribution is -2.28. The van der Waals surface area contributed by atoms with Crippen LogP contribution >= 0.6 is 0 Å². The van der Waals surface area contributed by atoms with Gasteiger partial charge in [0.2, 0.25) is 5.91 Å². The first kappa shape index (κ1) is 31.7. The van der Waals surface area contributed by atoms with E-state index in [4.69, 9.17) is 21.6 Å². The van der Waals surface area contributed by atoms with Gasteiger partial charge in [0.05, 0.1) is 12.7 Å². The van der Waals surface area contributed by atoms with Crippen molar-refractivity contribution in [3.8, 4) is 0 Å². The number of oxazole rings is 1. The zero-order chi connectivity index (χ0) is 30.6. The highest BCUT2D eigenvalue weighted by Crippen LogP contribution is 2.17. The van der Waals surface area contributed by atoms with Crippen LogP contribution in [-0.2, 0) is 16.1 Å². The number of hydrogen-bond donors (Lipinski definition) is 5. The minimum Gasteiger partial charge on any atom is -0.477 e. The number of nitrogens with one attached hydrogen (secondary N) is 1. The number of aromatic nitrogens is 4. The topological polar surface area (TPSA) is 244 Å². The average molecular weight is 591 g/mol. The number of carboxylic acids is 1. The number of amides is 2. The van der Waals surface area contributed by atoms with Crippen molar-refractivity contribution in [2.45, 2.75) is 26.9 Å². The molecule has 8 N–H and O–H groups in total. The third-order valence-corrected chi connectivity index (χ3v) is 5.91. The summed E-state index contributed by atoms with van der Waals surface area (Å²) in [5.41, 5.74) is 19.2. The third kappa shape index (κ3) is 7.28. The number of carbonyl (C=O) groups excluding carboxylic acids is 3. The van der Waals surface area contributed by atoms with Gasteiger partial charge in [-0.2, -0.15) is 0 Å². The largest absolute Gasteiger partial charge is 0.477 e. The highest BCUT2D eigenvalue weighted by molar-refractivity contribution is 5.96. The molecule has 0 aliphatic heterocycles. The molecule has 0 saturated heterocycles. The number of methoxy groups -OCH3 is 1. The number of benzene rings is 2. The normalized spacial score (nSPS) is 11.1. The zero-order valence-electron chi connectivity index (χ0n) is 22.4. The number of anilines is 1. The first-order valence-electron chi connectivity index (χ1n) is 12.2. The van der Waals surface area contributed by atoms with Crippen molar-refractivity contribution in [2.75, 3.05) is 12.8 Å². The Balaban J connectivity index is 0.000000271. The summed E-state index contributed by atoms with van der Waals surface area (Å²) < 4.78 is 11.0. The van der Waals surface area contributed by atoms with Gasteiger partial charge in [0.15, 0.2) is 22.8 Å². The molecule has 1 atom stereocenters. The number of carbonyl (C=O) groups is 4. The Hall–Kier alpha value is -5.83. The van der Waals surface area contributed by atoms with E-state index in [1.165, 1.54) is 25.3 Å². The van der Waals surface area contributed by atoms with E-state index in [-0.39, 0.29) is 36.8 Å². The molecule has 0 bridgehead atoms. The lowest BCUT2D eigenvalue weighted by Gasteiger charge is -2.07. The van der Waals surface area contributed by atoms with Crippen LogP contribution in [0.1, 0.15) is 61.8 Å². The molecule has 3 heterocycles. The molecule has 43 heavy (non-hydrogen) atoms. The molecule has 224 valence electrons. The highest BCUT2D eigenvalue weighted by atomic mass is 16.5. The maximum atomic E-state index is 12.4. The van der Waals surface area contributed by atoms with E-state index in [1.54, 1.807) is 25.1 Å². The first-order chi connectivity index (χ1) is 20.0. The van der Waals surface area contributed by atoms with Gasteiger partial charge in [-0.3, -0.25) is 9.59 Å². The van der Waals surface area contributed by atoms with E-state index < -0.39 is 29.8 Å². The van der Waals surface area contributed by atoms with Crippen LogP contribution in [0.4, 0.5) is 5.82 Å². The quantitative estimate of drug-likeness (QED) is 0.171. The molecule has 0 fully saturated rings. The average Bonchev–Trinajstić information content (AvgIpc) is 3.54. The number of esters is 1. The summed E-state index contributed by atoms with van der Waals surface area (Å²) in [6.07, 6.45) is 0. The van der Waals surface area contributed by atoms with Gasteiger partial charge in [-0.1, -0.05) is 25.6 Å². The van der Waals surface area contributed by atoms with Crippen molar-refractivity contribution < 1.29 is 33.4 Å². The lowest BCUT2D eigenvalue weighted by atomic mass is 10.1. The Morgan fingerprint density at radius 3 is 2.40 bits per heavy atom. The molecule has 0 unspecified atom stereocenters. The molecule has 2 aromatic carbocycles. The van der Waals surface area contributed by atoms with Crippen molar-refractivity contribution in [2.24, 2.45) is 11.5 Å². The molecule has 0 saturated carbocycles. The van der Waals surface area contributed by atoms with Crippen LogP contribution < -0.4 is 22.5 Å². The molecule has 0 aliphatic carbocycles. The van der Waals surface area contributed by atoms with Gasteiger partial charge < -0.3 is 36.8 Å². The summed E-state index contributed by atoms with van der Waals surface area (Å²) in [7, 11) is 1.30. The van der Waals surface area contributed by atoms with E-state index in [0.717, 1.165) is 16.1 Å². The predicted octanol–water partition coefficient (Wildman–Crippen LogP) is 1.98. The summed E-state index contributed by atoms with van der Waals surface area (Å²) in [5, 5.41) is 15.9. The lowest BCUT2D eigenvalue weighted by molar-refractivity contribution is -0.119. The molecule has 0 aliphatic rings. The molecule has 15 heteroatoms. The first-order valence-corrected chi connectivity index (χ1v) is 12.2. The summed E-state index contributed by atoms with van der Waals surface area (Å²) in [4.78, 5) is 54.1. The van der Waals surface area contributed by atoms with E-state index in [2.05, 4.69) is 25.1 Å². The molecule has 3 aromatic heterocycles. The van der Waals surface area contributed by atoms with Crippen molar-refractivity contribution >= 4 is 46.3 Å². The predicted molar refractivity (Wildman–Crippen MR) is 155 cm³/mol. The fourth-order valence-corrected chi connectivity index (χ4v) is 3.84. The minimum atomic E-state index is -1.24. The Morgan fingerprint density at radius 2 is 1.77 bits per heavy atom. The zero-order valence-corrected chi connectivity index (χ0v) is 22.4. The number of nitrogens with zero attached hydrogens (tertiary/aromatic N) is 4. The van der Waals surface area contributed by atoms with Crippen LogP contribution in [0.15, 0.2) is 59.0 Å². The smallest absolute Gasteiger partial charge is 0.354 e. The second-order valence-corrected chi connectivity index (χ2v) is 8.88. The van der Waals surface area contributed by atoms with Crippen LogP contribution in [0.2, 0.25) is 0 Å². The van der Waals surface area contributed by atoms with Crippen LogP contribution in [0.5, 0.6) is 0 Å². The van der Waals surface area contributed by atoms with Gasteiger partial charge >= 0.3 is 11.9 Å². The summed E-state index contributed by atoms with van der Waals surface area (Å²) in [5.74, 6) is -2.14. The number of hydrogen-bond acceptors (Lipinski definition) is 11. The highest BCUT2D eigenvalue weighted by Gasteiger charge is 2.18. The monoisotopic (exact) mass is 590 g/mol. The van der Waals surface area contributed by atoms with Gasteiger partial charge in [-0.25, -0.2) is 24.1 Å². The van der Waals surface area contributed by atoms with Crippen LogP contribution in [0.3, 0.4) is 0 Å². The van der Waals surface area contributed by atoms with Gasteiger partial charge in [0.1, 0.15) is 23.1 Å². The Morgan fingerprint density at radius 1 is 1.07 bits per heavy atom. The van der Waals surface area contributed by atoms with E-state index >= 15 is 0 Å². The molecule has 0 radical (unpaired) electrons. The second kappa shape index (κ2) is 13.2. The van der Waals surface area contributed by atoms with Crippen LogP contribution in [0.25, 0.3) is 16.7 Å². The minimum absolute atomic E-state index is 0. The number of nitrogen functional groups attached to an aromatic ring is 1. The molecule has 5 rings (SSSR count). The Kier molecular flexibility index (Phi) is 9.75. The number of ether oxygens (including phenoxy) is 1. The molecule has 5 aromatic rings. The number of aryl methyl sites for hydroxylation is 1. The molecular weight excluding hydrogens is 560 g/mol. The number of rotatable bonds is 7. The Bertz CT molecular complexity index is 1810. The summed E-state index contributed by atoms with van der Waals surface area (Å²) in [6.45, 7) is 1.98. The number of primary amides is 1. The van der Waals surface area contributed by atoms with Gasteiger partial charge in [0, 0.05) is 25.6 Å². The van der Waals surface area contributed by atoms with E-state index in [0.29, 0.717) is 28.1 Å². The molecular formula is C28H30N8O7. The molecule has 2 amide bonds. The van der Waals surface area contributed by atoms with Gasteiger partial charge in [-0.05, 0) is 35.4 Å². The van der Waals surface area contributed by atoms with Crippen molar-refractivity contribution in [1.82, 2.24) is 24.9 Å². The SMILES string of the molecule is C.COC(=O)c1ccc([C@@H](N)C(N)=O)cc1.Cc1nc2cc(CNC(=O)c3cc(C(=O)O)n4nc(N)cc4n3)ccc2o1. The van der Waals surface area contributed by atoms with E-state index in [1.807, 2.05) is 12.1 Å². The maximum absolute atomic E-state index is 12.4. The van der Waals surface area contributed by atoms with E-state index in [9.17, 15) is 24.3 Å². The third-order valence-electron chi connectivity index (χ3n) is 5.91. The second-order valence-electron chi connectivity index (χ2n) is 8.88. The fraction of sp³-hybridized carbons (Fsp3) is 0.179. The molecule has 15 nitrogen and oxygen atoms in total. The number of nitrogens with two attached hydrogens (primary N) is 3. The van der Waals surface area contributed by atoms with Gasteiger partial charge in [0.25, 0.3) is 5.91 Å². The van der Waals surface area contributed by atoms with Crippen molar-refractivity contribution in [3.05, 3.63) is 88.6 Å². The maximum Gasteiger partial charge on any atom is 0.354 e. The van der Waals surface area contributed by atoms with Crippen molar-refractivity contribution in [3.63, 3.8) is 0 Å². The number of aromatic carboxylic acids is 1.